The molecular weight excluding hydrogens is 212 g/mol. The van der Waals surface area contributed by atoms with E-state index in [1.807, 2.05) is 0 Å². The molecule has 0 spiro atoms. The molecule has 1 heterocycles. The molecule has 1 aliphatic heterocycles. The number of rotatable bonds is 1. The van der Waals surface area contributed by atoms with Crippen molar-refractivity contribution in [3.8, 4) is 0 Å². The summed E-state index contributed by atoms with van der Waals surface area (Å²) in [6.45, 7) is 0. The third-order valence-electron chi connectivity index (χ3n) is 2.91. The largest absolute Gasteiger partial charge is 0.465 e. The normalized spacial score (nSPS) is 28.9. The Bertz CT molecular complexity index is 382. The topological polar surface area (TPSA) is 69.7 Å². The van der Waals surface area contributed by atoms with Gasteiger partial charge in [-0.25, -0.2) is 9.59 Å². The van der Waals surface area contributed by atoms with Crippen LogP contribution in [-0.4, -0.2) is 30.9 Å². The summed E-state index contributed by atoms with van der Waals surface area (Å²) >= 11 is 0. The van der Waals surface area contributed by atoms with Crippen LogP contribution in [0.15, 0.2) is 11.6 Å². The Morgan fingerprint density at radius 3 is 2.94 bits per heavy atom. The summed E-state index contributed by atoms with van der Waals surface area (Å²) in [5.74, 6) is -1.89. The molecule has 0 radical (unpaired) electrons. The number of esters is 2. The number of carbonyl (C=O) groups excluding carboxylic acids is 3. The SMILES string of the molecule is COC(=O)C1=CC2C(=O)CCCC2OC1=O. The molecule has 0 bridgehead atoms. The number of hydrogen-bond donors (Lipinski definition) is 0. The van der Waals surface area contributed by atoms with Crippen LogP contribution in [0.5, 0.6) is 0 Å². The van der Waals surface area contributed by atoms with Crippen molar-refractivity contribution in [2.45, 2.75) is 25.4 Å². The highest BCUT2D eigenvalue weighted by Gasteiger charge is 2.40. The van der Waals surface area contributed by atoms with Gasteiger partial charge in [-0.3, -0.25) is 4.79 Å². The first-order chi connectivity index (χ1) is 7.63. The smallest absolute Gasteiger partial charge is 0.345 e. The molecule has 2 rings (SSSR count). The number of ketones is 1. The maximum atomic E-state index is 11.6. The first kappa shape index (κ1) is 10.9. The number of fused-ring (bicyclic) bond motifs is 1. The van der Waals surface area contributed by atoms with Gasteiger partial charge in [0, 0.05) is 6.42 Å². The molecule has 5 heteroatoms. The van der Waals surface area contributed by atoms with E-state index in [1.165, 1.54) is 13.2 Å². The van der Waals surface area contributed by atoms with Gasteiger partial charge in [0.1, 0.15) is 17.5 Å². The van der Waals surface area contributed by atoms with Crippen LogP contribution in [0.25, 0.3) is 0 Å². The van der Waals surface area contributed by atoms with Crippen molar-refractivity contribution in [1.29, 1.82) is 0 Å². The fourth-order valence-corrected chi connectivity index (χ4v) is 2.07. The predicted molar refractivity (Wildman–Crippen MR) is 52.3 cm³/mol. The van der Waals surface area contributed by atoms with Crippen molar-refractivity contribution in [3.63, 3.8) is 0 Å². The van der Waals surface area contributed by atoms with E-state index in [0.29, 0.717) is 12.8 Å². The summed E-state index contributed by atoms with van der Waals surface area (Å²) in [4.78, 5) is 34.3. The van der Waals surface area contributed by atoms with E-state index in [4.69, 9.17) is 4.74 Å². The summed E-state index contributed by atoms with van der Waals surface area (Å²) in [7, 11) is 1.19. The molecule has 16 heavy (non-hydrogen) atoms. The average molecular weight is 224 g/mol. The lowest BCUT2D eigenvalue weighted by atomic mass is 9.82. The van der Waals surface area contributed by atoms with Gasteiger partial charge in [0.2, 0.25) is 0 Å². The molecule has 0 saturated heterocycles. The van der Waals surface area contributed by atoms with Crippen LogP contribution in [0, 0.1) is 5.92 Å². The lowest BCUT2D eigenvalue weighted by molar-refractivity contribution is -0.155. The number of hydrogen-bond acceptors (Lipinski definition) is 5. The quantitative estimate of drug-likeness (QED) is 0.475. The number of ether oxygens (including phenoxy) is 2. The van der Waals surface area contributed by atoms with Crippen molar-refractivity contribution in [3.05, 3.63) is 11.6 Å². The van der Waals surface area contributed by atoms with Gasteiger partial charge in [0.15, 0.2) is 0 Å². The fourth-order valence-electron chi connectivity index (χ4n) is 2.07. The molecular formula is C11H12O5. The van der Waals surface area contributed by atoms with E-state index >= 15 is 0 Å². The van der Waals surface area contributed by atoms with Gasteiger partial charge in [-0.2, -0.15) is 0 Å². The third kappa shape index (κ3) is 1.73. The second-order valence-corrected chi connectivity index (χ2v) is 3.90. The summed E-state index contributed by atoms with van der Waals surface area (Å²) in [6, 6.07) is 0. The van der Waals surface area contributed by atoms with E-state index in [9.17, 15) is 14.4 Å². The summed E-state index contributed by atoms with van der Waals surface area (Å²) in [6.07, 6.45) is 2.87. The van der Waals surface area contributed by atoms with Gasteiger partial charge < -0.3 is 9.47 Å². The van der Waals surface area contributed by atoms with Gasteiger partial charge in [-0.15, -0.1) is 0 Å². The molecule has 2 aliphatic rings. The molecule has 2 atom stereocenters. The Morgan fingerprint density at radius 2 is 2.25 bits per heavy atom. The van der Waals surface area contributed by atoms with Gasteiger partial charge in [0.05, 0.1) is 13.0 Å². The minimum atomic E-state index is -0.748. The van der Waals surface area contributed by atoms with Crippen LogP contribution in [-0.2, 0) is 23.9 Å². The molecule has 1 aliphatic carbocycles. The van der Waals surface area contributed by atoms with Crippen molar-refractivity contribution in [2.75, 3.05) is 7.11 Å². The predicted octanol–water partition coefficient (Wildman–Crippen LogP) is 0.380. The van der Waals surface area contributed by atoms with E-state index in [-0.39, 0.29) is 11.4 Å². The molecule has 0 aromatic heterocycles. The number of methoxy groups -OCH3 is 1. The highest BCUT2D eigenvalue weighted by molar-refractivity contribution is 6.15. The molecule has 1 fully saturated rings. The van der Waals surface area contributed by atoms with Crippen LogP contribution < -0.4 is 0 Å². The summed E-state index contributed by atoms with van der Waals surface area (Å²) < 4.78 is 9.52. The minimum Gasteiger partial charge on any atom is -0.465 e. The minimum absolute atomic E-state index is 0.0187. The molecule has 2 unspecified atom stereocenters. The molecule has 0 amide bonds. The van der Waals surface area contributed by atoms with Gasteiger partial charge >= 0.3 is 11.9 Å². The average Bonchev–Trinajstić information content (AvgIpc) is 2.28. The third-order valence-corrected chi connectivity index (χ3v) is 2.91. The Morgan fingerprint density at radius 1 is 1.50 bits per heavy atom. The zero-order chi connectivity index (χ0) is 11.7. The standard InChI is InChI=1S/C11H12O5/c1-15-10(13)7-5-6-8(12)3-2-4-9(6)16-11(7)14/h5-6,9H,2-4H2,1H3. The second-order valence-electron chi connectivity index (χ2n) is 3.90. The van der Waals surface area contributed by atoms with Gasteiger partial charge in [-0.1, -0.05) is 0 Å². The van der Waals surface area contributed by atoms with E-state index in [2.05, 4.69) is 4.74 Å². The zero-order valence-electron chi connectivity index (χ0n) is 8.89. The maximum absolute atomic E-state index is 11.6. The number of carbonyl (C=O) groups is 3. The van der Waals surface area contributed by atoms with Crippen LogP contribution in [0.4, 0.5) is 0 Å². The Hall–Kier alpha value is -1.65. The fraction of sp³-hybridized carbons (Fsp3) is 0.545. The van der Waals surface area contributed by atoms with Crippen LogP contribution in [0.1, 0.15) is 19.3 Å². The van der Waals surface area contributed by atoms with Crippen molar-refractivity contribution in [1.82, 2.24) is 0 Å². The van der Waals surface area contributed by atoms with Crippen molar-refractivity contribution >= 4 is 17.7 Å². The summed E-state index contributed by atoms with van der Waals surface area (Å²) in [5, 5.41) is 0. The van der Waals surface area contributed by atoms with Crippen LogP contribution in [0.3, 0.4) is 0 Å². The van der Waals surface area contributed by atoms with E-state index in [1.54, 1.807) is 0 Å². The molecule has 86 valence electrons. The Labute approximate surface area is 92.4 Å². The van der Waals surface area contributed by atoms with Crippen LogP contribution in [0.2, 0.25) is 0 Å². The Balaban J connectivity index is 2.30. The molecule has 0 aromatic rings. The van der Waals surface area contributed by atoms with E-state index in [0.717, 1.165) is 6.42 Å². The molecule has 1 saturated carbocycles. The zero-order valence-corrected chi connectivity index (χ0v) is 8.89. The Kier molecular flexibility index (Phi) is 2.77. The summed E-state index contributed by atoms with van der Waals surface area (Å²) in [5.41, 5.74) is -0.168. The molecule has 0 N–H and O–H groups in total. The maximum Gasteiger partial charge on any atom is 0.345 e. The van der Waals surface area contributed by atoms with Gasteiger partial charge in [-0.05, 0) is 18.9 Å². The first-order valence-electron chi connectivity index (χ1n) is 5.17. The van der Waals surface area contributed by atoms with Crippen LogP contribution >= 0.6 is 0 Å². The molecule has 0 aromatic carbocycles. The van der Waals surface area contributed by atoms with E-state index < -0.39 is 24.0 Å². The lowest BCUT2D eigenvalue weighted by Gasteiger charge is -2.31. The highest BCUT2D eigenvalue weighted by atomic mass is 16.6. The molecule has 5 nitrogen and oxygen atoms in total. The van der Waals surface area contributed by atoms with Gasteiger partial charge in [0.25, 0.3) is 0 Å². The van der Waals surface area contributed by atoms with Crippen molar-refractivity contribution < 1.29 is 23.9 Å². The monoisotopic (exact) mass is 224 g/mol. The number of Topliss-reactive ketones (excluding diaryl/α,β-unsaturated/α-hetero) is 1. The highest BCUT2D eigenvalue weighted by Crippen LogP contribution is 2.30. The second kappa shape index (κ2) is 4.08. The lowest BCUT2D eigenvalue weighted by Crippen LogP contribution is -2.40. The van der Waals surface area contributed by atoms with Crippen molar-refractivity contribution in [2.24, 2.45) is 5.92 Å². The first-order valence-corrected chi connectivity index (χ1v) is 5.17.